The van der Waals surface area contributed by atoms with E-state index >= 15 is 0 Å². The lowest BCUT2D eigenvalue weighted by Gasteiger charge is -2.46. The average Bonchev–Trinajstić information content (AvgIpc) is 2.74. The lowest BCUT2D eigenvalue weighted by atomic mass is 9.60. The van der Waals surface area contributed by atoms with Gasteiger partial charge in [-0.25, -0.2) is 9.59 Å². The van der Waals surface area contributed by atoms with E-state index in [1.165, 1.54) is 11.6 Å². The highest BCUT2D eigenvalue weighted by Crippen LogP contribution is 2.55. The van der Waals surface area contributed by atoms with Crippen LogP contribution in [-0.2, 0) is 19.1 Å². The average molecular weight is 330 g/mol. The van der Waals surface area contributed by atoms with E-state index in [0.29, 0.717) is 5.57 Å². The minimum atomic E-state index is -0.277. The molecule has 0 N–H and O–H groups in total. The van der Waals surface area contributed by atoms with Gasteiger partial charge in [0, 0.05) is 17.6 Å². The van der Waals surface area contributed by atoms with Crippen molar-refractivity contribution < 1.29 is 19.1 Å². The van der Waals surface area contributed by atoms with Gasteiger partial charge in [-0.2, -0.15) is 0 Å². The van der Waals surface area contributed by atoms with Gasteiger partial charge in [0.15, 0.2) is 0 Å². The molecule has 0 spiro atoms. The van der Waals surface area contributed by atoms with Crippen LogP contribution in [0.15, 0.2) is 34.9 Å². The van der Waals surface area contributed by atoms with Gasteiger partial charge in [0.1, 0.15) is 12.2 Å². The molecule has 3 aliphatic rings. The maximum Gasteiger partial charge on any atom is 0.334 e. The van der Waals surface area contributed by atoms with Gasteiger partial charge in [-0.1, -0.05) is 24.6 Å². The van der Waals surface area contributed by atoms with Crippen LogP contribution in [0.2, 0.25) is 0 Å². The fourth-order valence-electron chi connectivity index (χ4n) is 4.45. The summed E-state index contributed by atoms with van der Waals surface area (Å²) in [6.07, 6.45) is 4.71. The highest BCUT2D eigenvalue weighted by Gasteiger charge is 2.51. The second-order valence-electron chi connectivity index (χ2n) is 7.89. The summed E-state index contributed by atoms with van der Waals surface area (Å²) in [5, 5.41) is 0. The van der Waals surface area contributed by atoms with Gasteiger partial charge < -0.3 is 9.47 Å². The second kappa shape index (κ2) is 5.91. The first kappa shape index (κ1) is 17.0. The first-order chi connectivity index (χ1) is 11.2. The molecule has 0 radical (unpaired) electrons. The number of rotatable bonds is 2. The van der Waals surface area contributed by atoms with Crippen LogP contribution in [0.5, 0.6) is 0 Å². The molecule has 0 unspecified atom stereocenters. The molecule has 3 rings (SSSR count). The molecule has 1 heterocycles. The fourth-order valence-corrected chi connectivity index (χ4v) is 4.45. The van der Waals surface area contributed by atoms with Gasteiger partial charge in [0.2, 0.25) is 0 Å². The van der Waals surface area contributed by atoms with Crippen LogP contribution in [0.3, 0.4) is 0 Å². The first-order valence-electron chi connectivity index (χ1n) is 8.66. The molecule has 130 valence electrons. The SMILES string of the molecule is C=C1C(=O)O[C@@H]2C[C@@]3(C)CC[C@H](OC(=O)C=C(C)C)C(C)=C3C[C@H]12. The van der Waals surface area contributed by atoms with Crippen molar-refractivity contribution in [3.05, 3.63) is 34.9 Å². The number of esters is 2. The van der Waals surface area contributed by atoms with E-state index in [1.54, 1.807) is 0 Å². The zero-order chi connectivity index (χ0) is 17.6. The monoisotopic (exact) mass is 330 g/mol. The van der Waals surface area contributed by atoms with Gasteiger partial charge in [-0.05, 0) is 57.4 Å². The molecule has 0 aromatic heterocycles. The Morgan fingerprint density at radius 2 is 2.12 bits per heavy atom. The van der Waals surface area contributed by atoms with E-state index in [4.69, 9.17) is 9.47 Å². The summed E-state index contributed by atoms with van der Waals surface area (Å²) >= 11 is 0. The molecule has 1 saturated carbocycles. The Kier molecular flexibility index (Phi) is 4.18. The fraction of sp³-hybridized carbons (Fsp3) is 0.600. The summed E-state index contributed by atoms with van der Waals surface area (Å²) in [4.78, 5) is 23.8. The molecule has 0 amide bonds. The summed E-state index contributed by atoms with van der Waals surface area (Å²) in [5.74, 6) is -0.458. The molecule has 4 nitrogen and oxygen atoms in total. The summed E-state index contributed by atoms with van der Waals surface area (Å²) in [5.41, 5.74) is 4.01. The predicted molar refractivity (Wildman–Crippen MR) is 91.1 cm³/mol. The summed E-state index contributed by atoms with van der Waals surface area (Å²) < 4.78 is 11.2. The Balaban J connectivity index is 1.85. The minimum absolute atomic E-state index is 0.0234. The highest BCUT2D eigenvalue weighted by molar-refractivity contribution is 5.91. The smallest absolute Gasteiger partial charge is 0.334 e. The predicted octanol–water partition coefficient (Wildman–Crippen LogP) is 3.87. The first-order valence-corrected chi connectivity index (χ1v) is 8.66. The second-order valence-corrected chi connectivity index (χ2v) is 7.89. The van der Waals surface area contributed by atoms with Crippen molar-refractivity contribution in [1.82, 2.24) is 0 Å². The molecule has 0 bridgehead atoms. The number of hydrogen-bond acceptors (Lipinski definition) is 4. The molecular weight excluding hydrogens is 304 g/mol. The molecule has 1 saturated heterocycles. The van der Waals surface area contributed by atoms with Crippen molar-refractivity contribution in [2.45, 2.75) is 65.6 Å². The Bertz CT molecular complexity index is 665. The van der Waals surface area contributed by atoms with Crippen LogP contribution >= 0.6 is 0 Å². The van der Waals surface area contributed by atoms with Gasteiger partial charge in [-0.3, -0.25) is 0 Å². The molecule has 24 heavy (non-hydrogen) atoms. The standard InChI is InChI=1S/C20H26O4/c1-11(2)8-18(21)23-16-6-7-20(5)10-17-14(9-15(20)13(16)4)12(3)19(22)24-17/h8,14,16-17H,3,6-7,9-10H2,1-2,4-5H3/t14-,16+,17-,20-/m1/s1. The number of hydrogen-bond donors (Lipinski definition) is 0. The molecule has 0 aromatic rings. The topological polar surface area (TPSA) is 52.6 Å². The summed E-state index contributed by atoms with van der Waals surface area (Å²) in [6.45, 7) is 12.0. The number of carbonyl (C=O) groups excluding carboxylic acids is 2. The van der Waals surface area contributed by atoms with Crippen LogP contribution in [0.25, 0.3) is 0 Å². The number of carbonyl (C=O) groups is 2. The van der Waals surface area contributed by atoms with Crippen LogP contribution in [0.4, 0.5) is 0 Å². The van der Waals surface area contributed by atoms with E-state index in [0.717, 1.165) is 36.8 Å². The molecule has 1 aliphatic heterocycles. The lowest BCUT2D eigenvalue weighted by molar-refractivity contribution is -0.144. The van der Waals surface area contributed by atoms with Gasteiger partial charge >= 0.3 is 11.9 Å². The van der Waals surface area contributed by atoms with Gasteiger partial charge in [0.25, 0.3) is 0 Å². The van der Waals surface area contributed by atoms with Crippen molar-refractivity contribution in [2.24, 2.45) is 11.3 Å². The number of allylic oxidation sites excluding steroid dienone is 2. The Hall–Kier alpha value is -1.84. The van der Waals surface area contributed by atoms with Gasteiger partial charge in [-0.15, -0.1) is 0 Å². The zero-order valence-corrected chi connectivity index (χ0v) is 15.0. The van der Waals surface area contributed by atoms with E-state index in [1.807, 2.05) is 13.8 Å². The quantitative estimate of drug-likeness (QED) is 0.438. The van der Waals surface area contributed by atoms with Crippen molar-refractivity contribution >= 4 is 11.9 Å². The number of ether oxygens (including phenoxy) is 2. The third-order valence-corrected chi connectivity index (χ3v) is 5.80. The van der Waals surface area contributed by atoms with E-state index in [-0.39, 0.29) is 35.5 Å². The summed E-state index contributed by atoms with van der Waals surface area (Å²) in [6, 6.07) is 0. The zero-order valence-electron chi connectivity index (χ0n) is 15.0. The third kappa shape index (κ3) is 2.83. The molecule has 4 atom stereocenters. The number of fused-ring (bicyclic) bond motifs is 2. The molecule has 2 fully saturated rings. The van der Waals surface area contributed by atoms with E-state index in [2.05, 4.69) is 20.4 Å². The van der Waals surface area contributed by atoms with E-state index < -0.39 is 0 Å². The van der Waals surface area contributed by atoms with Crippen LogP contribution in [0, 0.1) is 11.3 Å². The van der Waals surface area contributed by atoms with Crippen molar-refractivity contribution in [2.75, 3.05) is 0 Å². The largest absolute Gasteiger partial charge is 0.458 e. The van der Waals surface area contributed by atoms with E-state index in [9.17, 15) is 9.59 Å². The van der Waals surface area contributed by atoms with Crippen molar-refractivity contribution in [1.29, 1.82) is 0 Å². The Morgan fingerprint density at radius 3 is 2.79 bits per heavy atom. The van der Waals surface area contributed by atoms with Crippen molar-refractivity contribution in [3.63, 3.8) is 0 Å². The summed E-state index contributed by atoms with van der Waals surface area (Å²) in [7, 11) is 0. The molecular formula is C20H26O4. The van der Waals surface area contributed by atoms with Crippen LogP contribution in [-0.4, -0.2) is 24.1 Å². The minimum Gasteiger partial charge on any atom is -0.458 e. The maximum atomic E-state index is 12.0. The maximum absolute atomic E-state index is 12.0. The lowest BCUT2D eigenvalue weighted by Crippen LogP contribution is -2.41. The molecule has 4 heteroatoms. The normalized spacial score (nSPS) is 35.1. The third-order valence-electron chi connectivity index (χ3n) is 5.80. The molecule has 0 aromatic carbocycles. The van der Waals surface area contributed by atoms with Crippen molar-refractivity contribution in [3.8, 4) is 0 Å². The molecule has 2 aliphatic carbocycles. The highest BCUT2D eigenvalue weighted by atomic mass is 16.6. The Morgan fingerprint density at radius 1 is 1.42 bits per heavy atom. The van der Waals surface area contributed by atoms with Crippen LogP contribution in [0.1, 0.15) is 53.4 Å². The van der Waals surface area contributed by atoms with Crippen LogP contribution < -0.4 is 0 Å². The Labute approximate surface area is 143 Å². The van der Waals surface area contributed by atoms with Gasteiger partial charge in [0.05, 0.1) is 0 Å².